The van der Waals surface area contributed by atoms with Crippen molar-refractivity contribution in [3.8, 4) is 22.4 Å². The molecule has 0 saturated heterocycles. The monoisotopic (exact) mass is 262 g/mol. The third-order valence-corrected chi connectivity index (χ3v) is 3.29. The molecule has 0 N–H and O–H groups in total. The van der Waals surface area contributed by atoms with Crippen molar-refractivity contribution < 1.29 is 4.11 Å². The van der Waals surface area contributed by atoms with Crippen LogP contribution in [0.15, 0.2) is 66.9 Å². The predicted octanol–water partition coefficient (Wildman–Crippen LogP) is 5.03. The van der Waals surface area contributed by atoms with Gasteiger partial charge in [-0.25, -0.2) is 0 Å². The molecule has 98 valence electrons. The summed E-state index contributed by atoms with van der Waals surface area (Å²) in [6.07, 6.45) is 1.81. The zero-order valence-corrected chi connectivity index (χ0v) is 11.3. The van der Waals surface area contributed by atoms with Crippen molar-refractivity contribution in [2.75, 3.05) is 0 Å². The molecular formula is C19H17N. The molecule has 0 spiro atoms. The summed E-state index contributed by atoms with van der Waals surface area (Å²) in [7, 11) is 0. The number of benzene rings is 2. The summed E-state index contributed by atoms with van der Waals surface area (Å²) in [5.74, 6) is 0. The highest BCUT2D eigenvalue weighted by Gasteiger charge is 2.02. The third-order valence-electron chi connectivity index (χ3n) is 3.29. The average Bonchev–Trinajstić information content (AvgIpc) is 2.54. The lowest BCUT2D eigenvalue weighted by molar-refractivity contribution is 1.29. The summed E-state index contributed by atoms with van der Waals surface area (Å²) in [5, 5.41) is 0. The Morgan fingerprint density at radius 3 is 2.35 bits per heavy atom. The van der Waals surface area contributed by atoms with Gasteiger partial charge in [-0.3, -0.25) is 4.98 Å². The van der Waals surface area contributed by atoms with Crippen LogP contribution in [-0.4, -0.2) is 4.98 Å². The maximum atomic E-state index is 7.44. The van der Waals surface area contributed by atoms with Crippen LogP contribution in [0.1, 0.15) is 15.2 Å². The Morgan fingerprint density at radius 1 is 0.800 bits per heavy atom. The van der Waals surface area contributed by atoms with Gasteiger partial charge in [0.25, 0.3) is 0 Å². The number of aryl methyl sites for hydroxylation is 2. The van der Waals surface area contributed by atoms with Crippen LogP contribution in [0.5, 0.6) is 0 Å². The lowest BCUT2D eigenvalue weighted by Gasteiger charge is -2.06. The Hall–Kier alpha value is -2.41. The van der Waals surface area contributed by atoms with Crippen molar-refractivity contribution in [1.29, 1.82) is 0 Å². The molecule has 0 unspecified atom stereocenters. The number of pyridine rings is 1. The van der Waals surface area contributed by atoms with Crippen LogP contribution in [0.4, 0.5) is 0 Å². The van der Waals surface area contributed by atoms with Gasteiger partial charge in [0.1, 0.15) is 0 Å². The Kier molecular flexibility index (Phi) is 2.51. The Morgan fingerprint density at radius 2 is 1.60 bits per heavy atom. The lowest BCUT2D eigenvalue weighted by atomic mass is 10.0. The molecule has 0 aliphatic heterocycles. The number of hydrogen-bond acceptors (Lipinski definition) is 1. The van der Waals surface area contributed by atoms with Gasteiger partial charge in [0.05, 0.1) is 5.69 Å². The fraction of sp³-hybridized carbons (Fsp3) is 0.105. The first-order valence-corrected chi connectivity index (χ1v) is 6.57. The molecule has 1 nitrogen and oxygen atoms in total. The number of rotatable bonds is 2. The summed E-state index contributed by atoms with van der Waals surface area (Å²) in [6, 6.07) is 19.2. The summed E-state index contributed by atoms with van der Waals surface area (Å²) in [6.45, 7) is -0.0194. The molecule has 1 aromatic heterocycles. The first-order valence-electron chi connectivity index (χ1n) is 8.07. The highest BCUT2D eigenvalue weighted by Crippen LogP contribution is 2.25. The van der Waals surface area contributed by atoms with E-state index < -0.39 is 6.85 Å². The van der Waals surface area contributed by atoms with E-state index in [1.165, 1.54) is 5.56 Å². The van der Waals surface area contributed by atoms with Gasteiger partial charge in [-0.15, -0.1) is 0 Å². The fourth-order valence-corrected chi connectivity index (χ4v) is 2.21. The Bertz CT molecular complexity index is 821. The molecule has 0 bridgehead atoms. The molecule has 0 aliphatic carbocycles. The molecule has 1 heterocycles. The van der Waals surface area contributed by atoms with Crippen LogP contribution in [0.25, 0.3) is 22.4 Å². The molecule has 1 heteroatoms. The van der Waals surface area contributed by atoms with Crippen LogP contribution in [0, 0.1) is 13.8 Å². The lowest BCUT2D eigenvalue weighted by Crippen LogP contribution is -1.85. The second-order valence-electron chi connectivity index (χ2n) is 4.88. The first kappa shape index (κ1) is 9.49. The van der Waals surface area contributed by atoms with Crippen LogP contribution in [0.3, 0.4) is 0 Å². The van der Waals surface area contributed by atoms with Crippen molar-refractivity contribution in [2.45, 2.75) is 13.8 Å². The van der Waals surface area contributed by atoms with E-state index in [4.69, 9.17) is 4.11 Å². The van der Waals surface area contributed by atoms with Gasteiger partial charge in [0.2, 0.25) is 0 Å². The average molecular weight is 262 g/mol. The van der Waals surface area contributed by atoms with Crippen molar-refractivity contribution in [1.82, 2.24) is 4.98 Å². The molecule has 20 heavy (non-hydrogen) atoms. The highest BCUT2D eigenvalue weighted by atomic mass is 14.7. The van der Waals surface area contributed by atoms with Crippen molar-refractivity contribution in [3.05, 3.63) is 78.0 Å². The zero-order valence-electron chi connectivity index (χ0n) is 14.3. The number of hydrogen-bond donors (Lipinski definition) is 0. The minimum absolute atomic E-state index is 0.359. The quantitative estimate of drug-likeness (QED) is 0.631. The SMILES string of the molecule is [2H]C([2H])([2H])c1ccc(-c2cccc(-c3cc(C)ccn3)c2)cc1. The van der Waals surface area contributed by atoms with E-state index in [1.807, 2.05) is 49.5 Å². The van der Waals surface area contributed by atoms with E-state index in [9.17, 15) is 0 Å². The summed E-state index contributed by atoms with van der Waals surface area (Å²) >= 11 is 0. The predicted molar refractivity (Wildman–Crippen MR) is 84.6 cm³/mol. The van der Waals surface area contributed by atoms with Gasteiger partial charge in [-0.05, 0) is 48.7 Å². The Balaban J connectivity index is 1.97. The molecule has 0 radical (unpaired) electrons. The Labute approximate surface area is 124 Å². The third kappa shape index (κ3) is 2.62. The minimum Gasteiger partial charge on any atom is -0.256 e. The van der Waals surface area contributed by atoms with Gasteiger partial charge < -0.3 is 0 Å². The molecule has 0 saturated carbocycles. The normalized spacial score (nSPS) is 13.3. The molecule has 0 fully saturated rings. The fourth-order valence-electron chi connectivity index (χ4n) is 2.21. The largest absolute Gasteiger partial charge is 0.256 e. The van der Waals surface area contributed by atoms with E-state index in [0.29, 0.717) is 5.56 Å². The molecule has 0 aliphatic rings. The van der Waals surface area contributed by atoms with E-state index >= 15 is 0 Å². The molecule has 3 aromatic rings. The van der Waals surface area contributed by atoms with Gasteiger partial charge in [-0.2, -0.15) is 0 Å². The maximum Gasteiger partial charge on any atom is 0.0704 e. The van der Waals surface area contributed by atoms with Crippen LogP contribution in [0.2, 0.25) is 0 Å². The second kappa shape index (κ2) is 5.30. The van der Waals surface area contributed by atoms with Crippen molar-refractivity contribution >= 4 is 0 Å². The van der Waals surface area contributed by atoms with Gasteiger partial charge >= 0.3 is 0 Å². The van der Waals surface area contributed by atoms with E-state index in [1.54, 1.807) is 12.1 Å². The van der Waals surface area contributed by atoms with Gasteiger partial charge in [-0.1, -0.05) is 48.0 Å². The molecule has 2 aromatic carbocycles. The van der Waals surface area contributed by atoms with Crippen LogP contribution in [-0.2, 0) is 0 Å². The maximum absolute atomic E-state index is 7.44. The first-order chi connectivity index (χ1) is 10.9. The number of nitrogens with zero attached hydrogens (tertiary/aromatic N) is 1. The van der Waals surface area contributed by atoms with Crippen LogP contribution < -0.4 is 0 Å². The van der Waals surface area contributed by atoms with Gasteiger partial charge in [0.15, 0.2) is 0 Å². The molecule has 3 rings (SSSR count). The van der Waals surface area contributed by atoms with Crippen molar-refractivity contribution in [2.24, 2.45) is 0 Å². The van der Waals surface area contributed by atoms with E-state index in [2.05, 4.69) is 17.1 Å². The summed E-state index contributed by atoms with van der Waals surface area (Å²) < 4.78 is 22.3. The van der Waals surface area contributed by atoms with Crippen LogP contribution >= 0.6 is 0 Å². The second-order valence-corrected chi connectivity index (χ2v) is 4.88. The number of aromatic nitrogens is 1. The highest BCUT2D eigenvalue weighted by molar-refractivity contribution is 5.71. The summed E-state index contributed by atoms with van der Waals surface area (Å²) in [5.41, 5.74) is 5.55. The van der Waals surface area contributed by atoms with Gasteiger partial charge in [0, 0.05) is 15.9 Å². The van der Waals surface area contributed by atoms with Crippen molar-refractivity contribution in [3.63, 3.8) is 0 Å². The zero-order chi connectivity index (χ0) is 16.4. The molecule has 0 atom stereocenters. The smallest absolute Gasteiger partial charge is 0.0704 e. The van der Waals surface area contributed by atoms with E-state index in [-0.39, 0.29) is 0 Å². The van der Waals surface area contributed by atoms with E-state index in [0.717, 1.165) is 22.4 Å². The standard InChI is InChI=1S/C19H17N/c1-14-6-8-16(9-7-14)17-4-3-5-18(13-17)19-12-15(2)10-11-20-19/h3-13H,1-2H3/i1D3. The molecular weight excluding hydrogens is 242 g/mol. The molecule has 0 amide bonds. The topological polar surface area (TPSA) is 12.9 Å². The minimum atomic E-state index is -2.06. The summed E-state index contributed by atoms with van der Waals surface area (Å²) in [4.78, 5) is 4.42.